The Morgan fingerprint density at radius 3 is 2.67 bits per heavy atom. The van der Waals surface area contributed by atoms with Crippen LogP contribution in [0.25, 0.3) is 0 Å². The topological polar surface area (TPSA) is 45.1 Å². The predicted octanol–water partition coefficient (Wildman–Crippen LogP) is 3.10. The number of methoxy groups -OCH3 is 1. The minimum Gasteiger partial charge on any atom is -0.495 e. The molecule has 0 saturated carbocycles. The average molecular weight is 359 g/mol. The van der Waals surface area contributed by atoms with Gasteiger partial charge in [0.15, 0.2) is 0 Å². The van der Waals surface area contributed by atoms with Crippen LogP contribution in [-0.4, -0.2) is 19.1 Å². The van der Waals surface area contributed by atoms with E-state index in [0.717, 1.165) is 11.4 Å². The third kappa shape index (κ3) is 2.63. The van der Waals surface area contributed by atoms with Gasteiger partial charge in [-0.3, -0.25) is 4.90 Å². The summed E-state index contributed by atoms with van der Waals surface area (Å²) in [5.41, 5.74) is 0.866. The fourth-order valence-electron chi connectivity index (χ4n) is 1.72. The summed E-state index contributed by atoms with van der Waals surface area (Å²) in [6, 6.07) is 7.59. The van der Waals surface area contributed by atoms with E-state index in [9.17, 15) is 4.91 Å². The van der Waals surface area contributed by atoms with E-state index in [1.54, 1.807) is 7.11 Å². The molecule has 5 nitrogen and oxygen atoms in total. The molecule has 0 bridgehead atoms. The summed E-state index contributed by atoms with van der Waals surface area (Å²) < 4.78 is 5.29. The standard InChI is InChI=1S/C12H13N3O2.HI/c1-14-7-8-15(12(14)9-13-16)10-5-3-4-6-11(10)17-2;/h3-9H,1-2H3;1H/b12-9+;. The molecule has 0 aliphatic carbocycles. The Morgan fingerprint density at radius 2 is 2.00 bits per heavy atom. The molecule has 0 aromatic heterocycles. The number of hydrogen-bond acceptors (Lipinski definition) is 5. The normalized spacial score (nSPS) is 15.8. The SMILES string of the molecule is COc1ccccc1N1C=CN(C)/C1=C\N=O.I. The van der Waals surface area contributed by atoms with Crippen molar-refractivity contribution < 1.29 is 4.74 Å². The van der Waals surface area contributed by atoms with Gasteiger partial charge in [0, 0.05) is 19.4 Å². The van der Waals surface area contributed by atoms with Gasteiger partial charge in [0.25, 0.3) is 0 Å². The molecule has 1 heterocycles. The molecule has 0 saturated heterocycles. The molecule has 0 amide bonds. The summed E-state index contributed by atoms with van der Waals surface area (Å²) in [6.07, 6.45) is 4.98. The van der Waals surface area contributed by atoms with Crippen molar-refractivity contribution in [3.63, 3.8) is 0 Å². The van der Waals surface area contributed by atoms with Crippen molar-refractivity contribution in [1.82, 2.24) is 4.90 Å². The maximum atomic E-state index is 10.4. The van der Waals surface area contributed by atoms with Gasteiger partial charge in [-0.1, -0.05) is 12.1 Å². The molecule has 0 radical (unpaired) electrons. The highest BCUT2D eigenvalue weighted by atomic mass is 127. The Morgan fingerprint density at radius 1 is 1.28 bits per heavy atom. The highest BCUT2D eigenvalue weighted by molar-refractivity contribution is 14.0. The largest absolute Gasteiger partial charge is 0.495 e. The molecule has 0 atom stereocenters. The minimum absolute atomic E-state index is 0. The molecule has 18 heavy (non-hydrogen) atoms. The van der Waals surface area contributed by atoms with Gasteiger partial charge in [0.2, 0.25) is 0 Å². The molecule has 2 rings (SSSR count). The van der Waals surface area contributed by atoms with Gasteiger partial charge < -0.3 is 9.64 Å². The van der Waals surface area contributed by atoms with Crippen LogP contribution < -0.4 is 9.64 Å². The second-order valence-corrected chi connectivity index (χ2v) is 3.54. The molecule has 0 spiro atoms. The van der Waals surface area contributed by atoms with Crippen LogP contribution in [-0.2, 0) is 0 Å². The molecule has 6 heteroatoms. The lowest BCUT2D eigenvalue weighted by Gasteiger charge is -2.22. The van der Waals surface area contributed by atoms with Crippen molar-refractivity contribution >= 4 is 29.7 Å². The van der Waals surface area contributed by atoms with E-state index < -0.39 is 0 Å². The number of rotatable bonds is 3. The quantitative estimate of drug-likeness (QED) is 0.615. The fourth-order valence-corrected chi connectivity index (χ4v) is 1.72. The highest BCUT2D eigenvalue weighted by Gasteiger charge is 2.20. The maximum Gasteiger partial charge on any atom is 0.142 e. The van der Waals surface area contributed by atoms with Crippen LogP contribution in [0.4, 0.5) is 5.69 Å². The number of nitroso groups, excluding NO2 is 1. The number of benzene rings is 1. The molecule has 0 fully saturated rings. The Hall–Kier alpha value is -1.57. The van der Waals surface area contributed by atoms with E-state index in [4.69, 9.17) is 4.74 Å². The molecular formula is C12H14IN3O2. The Kier molecular flexibility index (Phi) is 5.14. The van der Waals surface area contributed by atoms with E-state index in [2.05, 4.69) is 5.18 Å². The predicted molar refractivity (Wildman–Crippen MR) is 81.7 cm³/mol. The first-order valence-electron chi connectivity index (χ1n) is 5.14. The van der Waals surface area contributed by atoms with Crippen molar-refractivity contribution in [2.75, 3.05) is 19.1 Å². The highest BCUT2D eigenvalue weighted by Crippen LogP contribution is 2.33. The zero-order chi connectivity index (χ0) is 12.3. The first-order valence-corrected chi connectivity index (χ1v) is 5.14. The molecule has 1 aromatic carbocycles. The van der Waals surface area contributed by atoms with E-state index in [0.29, 0.717) is 5.82 Å². The van der Waals surface area contributed by atoms with Gasteiger partial charge in [-0.15, -0.1) is 28.9 Å². The van der Waals surface area contributed by atoms with Crippen LogP contribution in [0.3, 0.4) is 0 Å². The third-order valence-corrected chi connectivity index (χ3v) is 2.56. The summed E-state index contributed by atoms with van der Waals surface area (Å²) in [5.74, 6) is 1.42. The molecule has 0 N–H and O–H groups in total. The van der Waals surface area contributed by atoms with E-state index in [1.165, 1.54) is 6.20 Å². The molecular weight excluding hydrogens is 345 g/mol. The Bertz CT molecular complexity index is 488. The first kappa shape index (κ1) is 14.5. The molecule has 1 aliphatic heterocycles. The van der Waals surface area contributed by atoms with Crippen LogP contribution >= 0.6 is 24.0 Å². The van der Waals surface area contributed by atoms with Gasteiger partial charge in [-0.05, 0) is 17.3 Å². The smallest absolute Gasteiger partial charge is 0.142 e. The zero-order valence-electron chi connectivity index (χ0n) is 10.1. The molecule has 1 aliphatic rings. The van der Waals surface area contributed by atoms with Crippen molar-refractivity contribution in [1.29, 1.82) is 0 Å². The Balaban J connectivity index is 0.00000162. The van der Waals surface area contributed by atoms with Gasteiger partial charge in [0.05, 0.1) is 12.8 Å². The summed E-state index contributed by atoms with van der Waals surface area (Å²) in [6.45, 7) is 0. The minimum atomic E-state index is 0. The molecule has 0 unspecified atom stereocenters. The van der Waals surface area contributed by atoms with Crippen molar-refractivity contribution in [2.45, 2.75) is 0 Å². The van der Waals surface area contributed by atoms with Crippen LogP contribution in [0.5, 0.6) is 5.75 Å². The molecule has 1 aromatic rings. The number of para-hydroxylation sites is 2. The second-order valence-electron chi connectivity index (χ2n) is 3.54. The van der Waals surface area contributed by atoms with E-state index in [1.807, 2.05) is 53.5 Å². The van der Waals surface area contributed by atoms with Crippen molar-refractivity contribution in [3.05, 3.63) is 53.6 Å². The number of ether oxygens (including phenoxy) is 1. The van der Waals surface area contributed by atoms with Crippen LogP contribution in [0, 0.1) is 4.91 Å². The second kappa shape index (κ2) is 6.39. The summed E-state index contributed by atoms with van der Waals surface area (Å²) in [7, 11) is 3.46. The zero-order valence-corrected chi connectivity index (χ0v) is 12.4. The monoisotopic (exact) mass is 359 g/mol. The number of anilines is 1. The lowest BCUT2D eigenvalue weighted by atomic mass is 10.2. The van der Waals surface area contributed by atoms with Gasteiger partial charge in [-0.25, -0.2) is 0 Å². The van der Waals surface area contributed by atoms with E-state index in [-0.39, 0.29) is 24.0 Å². The average Bonchev–Trinajstić information content (AvgIpc) is 2.72. The Labute approximate surface area is 123 Å². The lowest BCUT2D eigenvalue weighted by molar-refractivity contribution is 0.415. The summed E-state index contributed by atoms with van der Waals surface area (Å²) in [4.78, 5) is 14.1. The van der Waals surface area contributed by atoms with Gasteiger partial charge in [0.1, 0.15) is 17.8 Å². The van der Waals surface area contributed by atoms with Crippen molar-refractivity contribution in [2.24, 2.45) is 5.18 Å². The number of hydrogen-bond donors (Lipinski definition) is 0. The maximum absolute atomic E-state index is 10.4. The fraction of sp³-hybridized carbons (Fsp3) is 0.167. The number of nitrogens with zero attached hydrogens (tertiary/aromatic N) is 3. The van der Waals surface area contributed by atoms with Crippen LogP contribution in [0.2, 0.25) is 0 Å². The molecule has 96 valence electrons. The summed E-state index contributed by atoms with van der Waals surface area (Å²) >= 11 is 0. The van der Waals surface area contributed by atoms with Crippen molar-refractivity contribution in [3.8, 4) is 5.75 Å². The van der Waals surface area contributed by atoms with Gasteiger partial charge in [-0.2, -0.15) is 0 Å². The van der Waals surface area contributed by atoms with E-state index >= 15 is 0 Å². The van der Waals surface area contributed by atoms with Crippen LogP contribution in [0.1, 0.15) is 0 Å². The lowest BCUT2D eigenvalue weighted by Crippen LogP contribution is -2.19. The summed E-state index contributed by atoms with van der Waals surface area (Å²) in [5, 5.41) is 2.82. The number of halogens is 1. The van der Waals surface area contributed by atoms with Gasteiger partial charge >= 0.3 is 0 Å². The first-order chi connectivity index (χ1) is 8.27. The van der Waals surface area contributed by atoms with Crippen LogP contribution in [0.15, 0.2) is 53.9 Å². The third-order valence-electron chi connectivity index (χ3n) is 2.56.